The third-order valence-electron chi connectivity index (χ3n) is 5.20. The standard InChI is InChI=1S/C15H29N3O.ClH/c1-18-8-5-12(6-9-18)17-14-4-2-3-13(14)15-11-19-10-7-16-15;/h12-17H,2-11H2,1H3;1H. The maximum Gasteiger partial charge on any atom is 0.0623 e. The van der Waals surface area contributed by atoms with Crippen LogP contribution in [0.4, 0.5) is 0 Å². The van der Waals surface area contributed by atoms with Gasteiger partial charge in [-0.2, -0.15) is 0 Å². The maximum absolute atomic E-state index is 5.65. The van der Waals surface area contributed by atoms with Crippen molar-refractivity contribution in [3.63, 3.8) is 0 Å². The van der Waals surface area contributed by atoms with Crippen molar-refractivity contribution in [2.45, 2.75) is 50.2 Å². The molecule has 3 atom stereocenters. The van der Waals surface area contributed by atoms with E-state index in [4.69, 9.17) is 4.74 Å². The number of nitrogens with zero attached hydrogens (tertiary/aromatic N) is 1. The number of likely N-dealkylation sites (tertiary alicyclic amines) is 1. The van der Waals surface area contributed by atoms with Crippen molar-refractivity contribution in [2.75, 3.05) is 39.9 Å². The van der Waals surface area contributed by atoms with Crippen molar-refractivity contribution in [2.24, 2.45) is 5.92 Å². The highest BCUT2D eigenvalue weighted by Gasteiger charge is 2.35. The average molecular weight is 304 g/mol. The van der Waals surface area contributed by atoms with E-state index >= 15 is 0 Å². The zero-order valence-corrected chi connectivity index (χ0v) is 13.5. The van der Waals surface area contributed by atoms with Gasteiger partial charge in [0, 0.05) is 24.7 Å². The summed E-state index contributed by atoms with van der Waals surface area (Å²) < 4.78 is 5.65. The van der Waals surface area contributed by atoms with E-state index in [1.807, 2.05) is 0 Å². The van der Waals surface area contributed by atoms with Crippen LogP contribution in [0.15, 0.2) is 0 Å². The molecule has 5 heteroatoms. The van der Waals surface area contributed by atoms with Crippen LogP contribution in [0.3, 0.4) is 0 Å². The lowest BCUT2D eigenvalue weighted by molar-refractivity contribution is 0.0508. The van der Waals surface area contributed by atoms with E-state index in [0.717, 1.165) is 31.7 Å². The molecule has 3 unspecified atom stereocenters. The van der Waals surface area contributed by atoms with E-state index in [1.54, 1.807) is 0 Å². The molecule has 0 spiro atoms. The van der Waals surface area contributed by atoms with Crippen LogP contribution in [-0.2, 0) is 4.74 Å². The van der Waals surface area contributed by atoms with Crippen LogP contribution in [0.2, 0.25) is 0 Å². The van der Waals surface area contributed by atoms with Gasteiger partial charge in [-0.05, 0) is 51.7 Å². The number of hydrogen-bond donors (Lipinski definition) is 2. The number of rotatable bonds is 3. The summed E-state index contributed by atoms with van der Waals surface area (Å²) in [5, 5.41) is 7.63. The van der Waals surface area contributed by atoms with Gasteiger partial charge in [-0.15, -0.1) is 12.4 Å². The van der Waals surface area contributed by atoms with Gasteiger partial charge in [0.2, 0.25) is 0 Å². The van der Waals surface area contributed by atoms with Gasteiger partial charge in [-0.1, -0.05) is 6.42 Å². The topological polar surface area (TPSA) is 36.5 Å². The molecule has 1 aliphatic carbocycles. The molecule has 2 N–H and O–H groups in total. The predicted molar refractivity (Wildman–Crippen MR) is 84.6 cm³/mol. The molecule has 2 saturated heterocycles. The van der Waals surface area contributed by atoms with Gasteiger partial charge >= 0.3 is 0 Å². The molecule has 2 aliphatic heterocycles. The molecule has 0 aromatic heterocycles. The summed E-state index contributed by atoms with van der Waals surface area (Å²) in [4.78, 5) is 2.45. The third kappa shape index (κ3) is 4.08. The summed E-state index contributed by atoms with van der Waals surface area (Å²) >= 11 is 0. The molecule has 0 bridgehead atoms. The smallest absolute Gasteiger partial charge is 0.0623 e. The first-order valence-electron chi connectivity index (χ1n) is 8.08. The number of hydrogen-bond acceptors (Lipinski definition) is 4. The number of nitrogens with one attached hydrogen (secondary N) is 2. The molecule has 3 rings (SSSR count). The molecule has 4 nitrogen and oxygen atoms in total. The normalized spacial score (nSPS) is 36.8. The van der Waals surface area contributed by atoms with E-state index in [1.165, 1.54) is 45.2 Å². The summed E-state index contributed by atoms with van der Waals surface area (Å²) in [5.41, 5.74) is 0. The van der Waals surface area contributed by atoms with Crippen molar-refractivity contribution in [3.8, 4) is 0 Å². The SMILES string of the molecule is CN1CCC(NC2CCCC2C2COCCN2)CC1.Cl. The lowest BCUT2D eigenvalue weighted by Crippen LogP contribution is -2.53. The van der Waals surface area contributed by atoms with Crippen LogP contribution in [0.5, 0.6) is 0 Å². The van der Waals surface area contributed by atoms with E-state index in [-0.39, 0.29) is 12.4 Å². The molecule has 20 heavy (non-hydrogen) atoms. The van der Waals surface area contributed by atoms with Gasteiger partial charge < -0.3 is 20.3 Å². The summed E-state index contributed by atoms with van der Waals surface area (Å²) in [6, 6.07) is 2.04. The lowest BCUT2D eigenvalue weighted by Gasteiger charge is -2.37. The predicted octanol–water partition coefficient (Wildman–Crippen LogP) is 1.25. The zero-order chi connectivity index (χ0) is 13.1. The number of morpholine rings is 1. The molecular weight excluding hydrogens is 274 g/mol. The minimum absolute atomic E-state index is 0. The van der Waals surface area contributed by atoms with Crippen LogP contribution >= 0.6 is 12.4 Å². The molecule has 0 aromatic carbocycles. The largest absolute Gasteiger partial charge is 0.379 e. The first-order valence-corrected chi connectivity index (χ1v) is 8.08. The Hall–Kier alpha value is 0.130. The summed E-state index contributed by atoms with van der Waals surface area (Å²) in [7, 11) is 2.23. The lowest BCUT2D eigenvalue weighted by atomic mass is 9.92. The molecule has 2 heterocycles. The molecule has 3 aliphatic rings. The van der Waals surface area contributed by atoms with Crippen LogP contribution in [0.25, 0.3) is 0 Å². The second kappa shape index (κ2) is 7.95. The Morgan fingerprint density at radius 2 is 1.95 bits per heavy atom. The molecule has 3 fully saturated rings. The van der Waals surface area contributed by atoms with Gasteiger partial charge in [0.1, 0.15) is 0 Å². The van der Waals surface area contributed by atoms with Gasteiger partial charge in [-0.3, -0.25) is 0 Å². The Morgan fingerprint density at radius 3 is 2.65 bits per heavy atom. The molecule has 1 saturated carbocycles. The fraction of sp³-hybridized carbons (Fsp3) is 1.00. The Kier molecular flexibility index (Phi) is 6.56. The van der Waals surface area contributed by atoms with Crippen LogP contribution < -0.4 is 10.6 Å². The maximum atomic E-state index is 5.65. The van der Waals surface area contributed by atoms with Crippen LogP contribution in [0.1, 0.15) is 32.1 Å². The zero-order valence-electron chi connectivity index (χ0n) is 12.6. The Labute approximate surface area is 129 Å². The monoisotopic (exact) mass is 303 g/mol. The average Bonchev–Trinajstić information content (AvgIpc) is 2.90. The highest BCUT2D eigenvalue weighted by Crippen LogP contribution is 2.30. The van der Waals surface area contributed by atoms with Gasteiger partial charge in [-0.25, -0.2) is 0 Å². The minimum Gasteiger partial charge on any atom is -0.379 e. The van der Waals surface area contributed by atoms with E-state index in [2.05, 4.69) is 22.6 Å². The highest BCUT2D eigenvalue weighted by molar-refractivity contribution is 5.85. The molecule has 0 radical (unpaired) electrons. The van der Waals surface area contributed by atoms with Crippen molar-refractivity contribution >= 4 is 12.4 Å². The third-order valence-corrected chi connectivity index (χ3v) is 5.20. The van der Waals surface area contributed by atoms with Gasteiger partial charge in [0.05, 0.1) is 13.2 Å². The first-order chi connectivity index (χ1) is 9.33. The summed E-state index contributed by atoms with van der Waals surface area (Å²) in [6.07, 6.45) is 6.73. The second-order valence-corrected chi connectivity index (χ2v) is 6.58. The number of piperidine rings is 1. The van der Waals surface area contributed by atoms with Gasteiger partial charge in [0.25, 0.3) is 0 Å². The fourth-order valence-corrected chi connectivity index (χ4v) is 4.02. The van der Waals surface area contributed by atoms with Crippen molar-refractivity contribution in [3.05, 3.63) is 0 Å². The Bertz CT molecular complexity index is 278. The molecule has 0 aromatic rings. The summed E-state index contributed by atoms with van der Waals surface area (Å²) in [6.45, 7) is 5.33. The molecule has 118 valence electrons. The van der Waals surface area contributed by atoms with Crippen molar-refractivity contribution in [1.29, 1.82) is 0 Å². The molecular formula is C15H30ClN3O. The van der Waals surface area contributed by atoms with Crippen molar-refractivity contribution in [1.82, 2.24) is 15.5 Å². The van der Waals surface area contributed by atoms with E-state index in [0.29, 0.717) is 12.1 Å². The van der Waals surface area contributed by atoms with Gasteiger partial charge in [0.15, 0.2) is 0 Å². The number of halogens is 1. The quantitative estimate of drug-likeness (QED) is 0.823. The minimum atomic E-state index is 0. The fourth-order valence-electron chi connectivity index (χ4n) is 4.02. The second-order valence-electron chi connectivity index (χ2n) is 6.58. The van der Waals surface area contributed by atoms with Crippen LogP contribution in [-0.4, -0.2) is 62.9 Å². The van der Waals surface area contributed by atoms with E-state index in [9.17, 15) is 0 Å². The summed E-state index contributed by atoms with van der Waals surface area (Å²) in [5.74, 6) is 0.778. The van der Waals surface area contributed by atoms with Crippen LogP contribution in [0, 0.1) is 5.92 Å². The van der Waals surface area contributed by atoms with Crippen molar-refractivity contribution < 1.29 is 4.74 Å². The molecule has 0 amide bonds. The number of ether oxygens (including phenoxy) is 1. The highest BCUT2D eigenvalue weighted by atomic mass is 35.5. The first kappa shape index (κ1) is 16.5. The Balaban J connectivity index is 0.00000147. The Morgan fingerprint density at radius 1 is 1.15 bits per heavy atom. The van der Waals surface area contributed by atoms with E-state index < -0.39 is 0 Å².